The van der Waals surface area contributed by atoms with Crippen molar-refractivity contribution in [1.29, 1.82) is 0 Å². The van der Waals surface area contributed by atoms with Crippen molar-refractivity contribution >= 4 is 52.0 Å². The highest BCUT2D eigenvalue weighted by atomic mass is 32.2. The first-order chi connectivity index (χ1) is 14.4. The van der Waals surface area contributed by atoms with Gasteiger partial charge in [0.1, 0.15) is 10.1 Å². The Bertz CT molecular complexity index is 1000. The Hall–Kier alpha value is -2.85. The third-order valence-electron chi connectivity index (χ3n) is 4.26. The highest BCUT2D eigenvalue weighted by Gasteiger charge is 2.31. The summed E-state index contributed by atoms with van der Waals surface area (Å²) in [5.74, 6) is 1.81. The predicted octanol–water partition coefficient (Wildman–Crippen LogP) is 3.62. The van der Waals surface area contributed by atoms with Gasteiger partial charge < -0.3 is 19.3 Å². The largest absolute Gasteiger partial charge is 0.493 e. The third-order valence-corrected chi connectivity index (χ3v) is 5.64. The SMILES string of the molecule is COc1ccc(/C=C2\SC(=S)N(CCCC(=O)Nc3cc(C)on3)C2=O)cc1OC. The fourth-order valence-corrected chi connectivity index (χ4v) is 4.12. The molecular weight excluding hydrogens is 426 g/mol. The number of benzene rings is 1. The van der Waals surface area contributed by atoms with Crippen LogP contribution in [0.1, 0.15) is 24.2 Å². The van der Waals surface area contributed by atoms with Gasteiger partial charge in [0.15, 0.2) is 17.3 Å². The van der Waals surface area contributed by atoms with Gasteiger partial charge in [-0.3, -0.25) is 14.5 Å². The summed E-state index contributed by atoms with van der Waals surface area (Å²) in [6, 6.07) is 7.05. The van der Waals surface area contributed by atoms with Crippen LogP contribution >= 0.6 is 24.0 Å². The van der Waals surface area contributed by atoms with E-state index in [1.807, 2.05) is 6.07 Å². The molecule has 1 saturated heterocycles. The highest BCUT2D eigenvalue weighted by Crippen LogP contribution is 2.34. The summed E-state index contributed by atoms with van der Waals surface area (Å²) in [6.07, 6.45) is 2.47. The second-order valence-electron chi connectivity index (χ2n) is 6.42. The second-order valence-corrected chi connectivity index (χ2v) is 8.10. The molecule has 8 nitrogen and oxygen atoms in total. The molecule has 0 bridgehead atoms. The molecular formula is C20H21N3O5S2. The first kappa shape index (κ1) is 21.8. The van der Waals surface area contributed by atoms with Gasteiger partial charge in [0.2, 0.25) is 5.91 Å². The summed E-state index contributed by atoms with van der Waals surface area (Å²) < 4.78 is 15.9. The Balaban J connectivity index is 1.58. The maximum atomic E-state index is 12.7. The summed E-state index contributed by atoms with van der Waals surface area (Å²) in [7, 11) is 3.12. The molecule has 1 N–H and O–H groups in total. The van der Waals surface area contributed by atoms with Gasteiger partial charge in [-0.2, -0.15) is 0 Å². The molecule has 2 aromatic rings. The van der Waals surface area contributed by atoms with Gasteiger partial charge in [-0.1, -0.05) is 35.2 Å². The molecule has 1 aromatic heterocycles. The molecule has 0 spiro atoms. The molecule has 2 heterocycles. The fraction of sp³-hybridized carbons (Fsp3) is 0.300. The van der Waals surface area contributed by atoms with Gasteiger partial charge in [0.05, 0.1) is 19.1 Å². The van der Waals surface area contributed by atoms with Gasteiger partial charge in [-0.05, 0) is 37.1 Å². The van der Waals surface area contributed by atoms with Crippen LogP contribution in [0.4, 0.5) is 5.82 Å². The minimum Gasteiger partial charge on any atom is -0.493 e. The molecule has 1 aromatic carbocycles. The lowest BCUT2D eigenvalue weighted by molar-refractivity contribution is -0.122. The number of hydrogen-bond acceptors (Lipinski definition) is 8. The number of anilines is 1. The Labute approximate surface area is 183 Å². The van der Waals surface area contributed by atoms with E-state index >= 15 is 0 Å². The monoisotopic (exact) mass is 447 g/mol. The number of carbonyl (C=O) groups is 2. The summed E-state index contributed by atoms with van der Waals surface area (Å²) >= 11 is 6.58. The van der Waals surface area contributed by atoms with Gasteiger partial charge in [0, 0.05) is 19.0 Å². The van der Waals surface area contributed by atoms with E-state index < -0.39 is 0 Å². The Morgan fingerprint density at radius 2 is 2.07 bits per heavy atom. The molecule has 158 valence electrons. The van der Waals surface area contributed by atoms with Crippen molar-refractivity contribution in [3.8, 4) is 11.5 Å². The van der Waals surface area contributed by atoms with Crippen LogP contribution in [0.2, 0.25) is 0 Å². The molecule has 0 saturated carbocycles. The second kappa shape index (κ2) is 9.77. The van der Waals surface area contributed by atoms with Crippen molar-refractivity contribution in [2.45, 2.75) is 19.8 Å². The van der Waals surface area contributed by atoms with Crippen molar-refractivity contribution in [3.63, 3.8) is 0 Å². The first-order valence-electron chi connectivity index (χ1n) is 9.12. The summed E-state index contributed by atoms with van der Waals surface area (Å²) in [4.78, 5) is 26.8. The molecule has 0 unspecified atom stereocenters. The number of rotatable bonds is 8. The standard InChI is InChI=1S/C20H21N3O5S2/c1-12-9-17(22-28-12)21-18(24)5-4-8-23-19(25)16(30-20(23)29)11-13-6-7-14(26-2)15(10-13)27-3/h6-7,9-11H,4-5,8H2,1-3H3,(H,21,22,24)/b16-11-. The maximum Gasteiger partial charge on any atom is 0.266 e. The van der Waals surface area contributed by atoms with E-state index in [9.17, 15) is 9.59 Å². The maximum absolute atomic E-state index is 12.7. The smallest absolute Gasteiger partial charge is 0.266 e. The van der Waals surface area contributed by atoms with Crippen molar-refractivity contribution < 1.29 is 23.6 Å². The van der Waals surface area contributed by atoms with Gasteiger partial charge in [0.25, 0.3) is 5.91 Å². The number of thioether (sulfide) groups is 1. The molecule has 30 heavy (non-hydrogen) atoms. The number of carbonyl (C=O) groups excluding carboxylic acids is 2. The van der Waals surface area contributed by atoms with E-state index in [2.05, 4.69) is 10.5 Å². The Morgan fingerprint density at radius 3 is 2.73 bits per heavy atom. The number of aromatic nitrogens is 1. The van der Waals surface area contributed by atoms with Crippen LogP contribution in [0.25, 0.3) is 6.08 Å². The molecule has 0 aliphatic carbocycles. The lowest BCUT2D eigenvalue weighted by Gasteiger charge is -2.13. The predicted molar refractivity (Wildman–Crippen MR) is 119 cm³/mol. The third kappa shape index (κ3) is 5.19. The van der Waals surface area contributed by atoms with E-state index in [1.54, 1.807) is 45.4 Å². The number of hydrogen-bond donors (Lipinski definition) is 1. The Kier molecular flexibility index (Phi) is 7.11. The summed E-state index contributed by atoms with van der Waals surface area (Å²) in [5, 5.41) is 6.37. The number of amides is 2. The zero-order valence-electron chi connectivity index (χ0n) is 16.8. The molecule has 3 rings (SSSR count). The lowest BCUT2D eigenvalue weighted by atomic mass is 10.2. The number of ether oxygens (including phenoxy) is 2. The topological polar surface area (TPSA) is 93.9 Å². The number of thiocarbonyl (C=S) groups is 1. The van der Waals surface area contributed by atoms with Crippen molar-refractivity contribution in [2.75, 3.05) is 26.1 Å². The quantitative estimate of drug-likeness (QED) is 0.484. The Morgan fingerprint density at radius 1 is 1.30 bits per heavy atom. The number of methoxy groups -OCH3 is 2. The number of nitrogens with zero attached hydrogens (tertiary/aromatic N) is 2. The summed E-state index contributed by atoms with van der Waals surface area (Å²) in [5.41, 5.74) is 0.801. The van der Waals surface area contributed by atoms with E-state index in [1.165, 1.54) is 16.7 Å². The first-order valence-corrected chi connectivity index (χ1v) is 10.3. The normalized spacial score (nSPS) is 15.0. The molecule has 0 atom stereocenters. The van der Waals surface area contributed by atoms with Crippen LogP contribution in [0.15, 0.2) is 33.7 Å². The van der Waals surface area contributed by atoms with Crippen LogP contribution in [-0.2, 0) is 9.59 Å². The average molecular weight is 448 g/mol. The van der Waals surface area contributed by atoms with Gasteiger partial charge in [-0.25, -0.2) is 0 Å². The van der Waals surface area contributed by atoms with Gasteiger partial charge >= 0.3 is 0 Å². The number of aryl methyl sites for hydroxylation is 1. The molecule has 10 heteroatoms. The zero-order chi connectivity index (χ0) is 21.7. The minimum atomic E-state index is -0.199. The van der Waals surface area contributed by atoms with Crippen molar-refractivity contribution in [3.05, 3.63) is 40.5 Å². The molecule has 2 amide bonds. The van der Waals surface area contributed by atoms with Crippen LogP contribution < -0.4 is 14.8 Å². The lowest BCUT2D eigenvalue weighted by Crippen LogP contribution is -2.29. The van der Waals surface area contributed by atoms with E-state index in [4.69, 9.17) is 26.2 Å². The van der Waals surface area contributed by atoms with Crippen molar-refractivity contribution in [2.24, 2.45) is 0 Å². The van der Waals surface area contributed by atoms with E-state index in [-0.39, 0.29) is 18.2 Å². The van der Waals surface area contributed by atoms with Crippen LogP contribution in [-0.4, -0.2) is 47.0 Å². The fourth-order valence-electron chi connectivity index (χ4n) is 2.82. The number of nitrogens with one attached hydrogen (secondary N) is 1. The summed E-state index contributed by atoms with van der Waals surface area (Å²) in [6.45, 7) is 2.10. The van der Waals surface area contributed by atoms with Crippen LogP contribution in [0.5, 0.6) is 11.5 Å². The minimum absolute atomic E-state index is 0.174. The molecule has 0 radical (unpaired) electrons. The van der Waals surface area contributed by atoms with Crippen molar-refractivity contribution in [1.82, 2.24) is 10.1 Å². The van der Waals surface area contributed by atoms with Gasteiger partial charge in [-0.15, -0.1) is 0 Å². The molecule has 1 aliphatic rings. The zero-order valence-corrected chi connectivity index (χ0v) is 18.4. The highest BCUT2D eigenvalue weighted by molar-refractivity contribution is 8.26. The average Bonchev–Trinajstić information content (AvgIpc) is 3.25. The van der Waals surface area contributed by atoms with Crippen LogP contribution in [0.3, 0.4) is 0 Å². The van der Waals surface area contributed by atoms with E-state index in [0.29, 0.717) is 45.3 Å². The molecule has 1 fully saturated rings. The van der Waals surface area contributed by atoms with E-state index in [0.717, 1.165) is 5.56 Å². The molecule has 1 aliphatic heterocycles. The van der Waals surface area contributed by atoms with Crippen LogP contribution in [0, 0.1) is 6.92 Å².